The lowest BCUT2D eigenvalue weighted by atomic mass is 10.3. The van der Waals surface area contributed by atoms with E-state index in [1.165, 1.54) is 19.2 Å². The first-order valence-electron chi connectivity index (χ1n) is 2.79. The van der Waals surface area contributed by atoms with Crippen LogP contribution in [0, 0.1) is 0 Å². The zero-order valence-corrected chi connectivity index (χ0v) is 5.46. The number of nitrogens with zero attached hydrogens (tertiary/aromatic N) is 1. The van der Waals surface area contributed by atoms with Gasteiger partial charge in [0.2, 0.25) is 0 Å². The molecule has 0 radical (unpaired) electrons. The summed E-state index contributed by atoms with van der Waals surface area (Å²) in [7, 11) is 1.51. The predicted octanol–water partition coefficient (Wildman–Crippen LogP) is -1.23. The van der Waals surface area contributed by atoms with Crippen molar-refractivity contribution >= 4 is 17.5 Å². The average Bonchev–Trinajstić information content (AvgIpc) is 2.34. The molecule has 2 N–H and O–H groups in total. The second-order valence-electron chi connectivity index (χ2n) is 1.77. The minimum atomic E-state index is -0.291. The SMILES string of the molecule is CNC(=O)C1=[N+]=C(O)C=C1. The van der Waals surface area contributed by atoms with Crippen molar-refractivity contribution in [3.8, 4) is 0 Å². The van der Waals surface area contributed by atoms with Crippen LogP contribution in [0.2, 0.25) is 0 Å². The lowest BCUT2D eigenvalue weighted by molar-refractivity contribution is -0.114. The van der Waals surface area contributed by atoms with E-state index in [1.807, 2.05) is 0 Å². The number of aliphatic hydroxyl groups excluding tert-OH is 1. The Morgan fingerprint density at radius 2 is 2.40 bits per heavy atom. The van der Waals surface area contributed by atoms with Crippen LogP contribution in [0.4, 0.5) is 0 Å². The lowest BCUT2D eigenvalue weighted by Gasteiger charge is -1.82. The third-order valence-electron chi connectivity index (χ3n) is 1.08. The number of hydrogen-bond donors (Lipinski definition) is 2. The first-order valence-corrected chi connectivity index (χ1v) is 2.79. The molecule has 10 heavy (non-hydrogen) atoms. The molecular formula is C6H7N2O2+. The second-order valence-corrected chi connectivity index (χ2v) is 1.77. The minimum Gasteiger partial charge on any atom is -0.447 e. The standard InChI is InChI=1S/C6H6N2O2/c1-7-6(10)4-2-3-5(9)8-4/h2-3H,1H3,(H,7,10)/p+1. The van der Waals surface area contributed by atoms with Crippen LogP contribution in [0.5, 0.6) is 0 Å². The number of nitrogens with one attached hydrogen (secondary N) is 1. The minimum absolute atomic E-state index is 0.126. The van der Waals surface area contributed by atoms with Gasteiger partial charge in [-0.05, 0) is 4.67 Å². The first-order chi connectivity index (χ1) is 4.74. The Hall–Kier alpha value is -1.54. The molecule has 0 aromatic heterocycles. The van der Waals surface area contributed by atoms with E-state index in [4.69, 9.17) is 5.11 Å². The van der Waals surface area contributed by atoms with Crippen molar-refractivity contribution in [2.75, 3.05) is 7.05 Å². The van der Waals surface area contributed by atoms with Crippen molar-refractivity contribution in [2.24, 2.45) is 0 Å². The molecule has 0 bridgehead atoms. The van der Waals surface area contributed by atoms with Crippen molar-refractivity contribution in [3.05, 3.63) is 12.2 Å². The maximum Gasteiger partial charge on any atom is 0.486 e. The molecule has 1 rings (SSSR count). The van der Waals surface area contributed by atoms with Gasteiger partial charge in [-0.15, -0.1) is 0 Å². The highest BCUT2D eigenvalue weighted by Crippen LogP contribution is 1.83. The second kappa shape index (κ2) is 2.37. The normalized spacial score (nSPS) is 14.5. The highest BCUT2D eigenvalue weighted by Gasteiger charge is 2.22. The van der Waals surface area contributed by atoms with Gasteiger partial charge in [0.1, 0.15) is 0 Å². The molecular weight excluding hydrogens is 132 g/mol. The molecule has 4 nitrogen and oxygen atoms in total. The summed E-state index contributed by atoms with van der Waals surface area (Å²) in [4.78, 5) is 10.7. The number of carbonyl (C=O) groups excluding carboxylic acids is 1. The van der Waals surface area contributed by atoms with Crippen LogP contribution in [-0.4, -0.2) is 29.7 Å². The van der Waals surface area contributed by atoms with Gasteiger partial charge in [-0.2, -0.15) is 0 Å². The molecule has 0 saturated heterocycles. The Bertz CT molecular complexity index is 259. The largest absolute Gasteiger partial charge is 0.486 e. The Kier molecular flexibility index (Phi) is 1.56. The maximum atomic E-state index is 10.7. The van der Waals surface area contributed by atoms with E-state index in [9.17, 15) is 4.79 Å². The quantitative estimate of drug-likeness (QED) is 0.447. The zero-order chi connectivity index (χ0) is 7.56. The molecule has 1 aliphatic rings. The van der Waals surface area contributed by atoms with Gasteiger partial charge in [-0.1, -0.05) is 0 Å². The molecule has 0 atom stereocenters. The molecule has 1 heterocycles. The predicted molar refractivity (Wildman–Crippen MR) is 38.0 cm³/mol. The fraction of sp³-hybridized carbons (Fsp3) is 0.167. The third-order valence-corrected chi connectivity index (χ3v) is 1.08. The summed E-state index contributed by atoms with van der Waals surface area (Å²) in [6, 6.07) is 0. The summed E-state index contributed by atoms with van der Waals surface area (Å²) in [6.07, 6.45) is 2.82. The molecule has 4 heteroatoms. The Labute approximate surface area is 57.6 Å². The molecule has 0 aliphatic carbocycles. The van der Waals surface area contributed by atoms with E-state index < -0.39 is 0 Å². The van der Waals surface area contributed by atoms with Crippen LogP contribution < -0.4 is 9.98 Å². The van der Waals surface area contributed by atoms with Gasteiger partial charge in [0.05, 0.1) is 6.08 Å². The highest BCUT2D eigenvalue weighted by atomic mass is 16.3. The van der Waals surface area contributed by atoms with Crippen LogP contribution in [0.25, 0.3) is 0 Å². The van der Waals surface area contributed by atoms with Crippen LogP contribution in [0.3, 0.4) is 0 Å². The van der Waals surface area contributed by atoms with E-state index >= 15 is 0 Å². The molecule has 0 aromatic carbocycles. The summed E-state index contributed by atoms with van der Waals surface area (Å²) >= 11 is 0. The highest BCUT2D eigenvalue weighted by molar-refractivity contribution is 6.44. The molecule has 1 amide bonds. The molecule has 0 aromatic rings. The van der Waals surface area contributed by atoms with Crippen molar-refractivity contribution in [1.29, 1.82) is 0 Å². The van der Waals surface area contributed by atoms with E-state index in [1.54, 1.807) is 0 Å². The van der Waals surface area contributed by atoms with Crippen LogP contribution in [-0.2, 0) is 4.79 Å². The summed E-state index contributed by atoms with van der Waals surface area (Å²) in [5, 5.41) is 11.1. The van der Waals surface area contributed by atoms with Gasteiger partial charge in [0.15, 0.2) is 0 Å². The molecule has 0 spiro atoms. The van der Waals surface area contributed by atoms with Gasteiger partial charge in [0, 0.05) is 13.1 Å². The molecule has 1 aliphatic heterocycles. The number of aliphatic hydroxyl groups is 1. The monoisotopic (exact) mass is 139 g/mol. The van der Waals surface area contributed by atoms with Gasteiger partial charge < -0.3 is 10.4 Å². The Morgan fingerprint density at radius 3 is 2.80 bits per heavy atom. The van der Waals surface area contributed by atoms with Gasteiger partial charge in [-0.3, -0.25) is 4.79 Å². The van der Waals surface area contributed by atoms with E-state index in [0.717, 1.165) is 0 Å². The lowest BCUT2D eigenvalue weighted by Crippen LogP contribution is -2.26. The maximum absolute atomic E-state index is 10.7. The third kappa shape index (κ3) is 1.06. The fourth-order valence-electron chi connectivity index (χ4n) is 0.606. The van der Waals surface area contributed by atoms with Crippen molar-refractivity contribution in [3.63, 3.8) is 0 Å². The number of carbonyl (C=O) groups is 1. The van der Waals surface area contributed by atoms with Crippen LogP contribution in [0.1, 0.15) is 0 Å². The zero-order valence-electron chi connectivity index (χ0n) is 5.46. The molecule has 52 valence electrons. The van der Waals surface area contributed by atoms with Gasteiger partial charge >= 0.3 is 17.5 Å². The molecule has 0 unspecified atom stereocenters. The topological polar surface area (TPSA) is 63.4 Å². The van der Waals surface area contributed by atoms with Crippen molar-refractivity contribution in [2.45, 2.75) is 0 Å². The fourth-order valence-corrected chi connectivity index (χ4v) is 0.606. The van der Waals surface area contributed by atoms with Crippen molar-refractivity contribution < 1.29 is 9.90 Å². The summed E-state index contributed by atoms with van der Waals surface area (Å²) in [5.74, 6) is -0.418. The van der Waals surface area contributed by atoms with E-state index in [2.05, 4.69) is 9.98 Å². The smallest absolute Gasteiger partial charge is 0.447 e. The number of hydrogen-bond acceptors (Lipinski definition) is 1. The van der Waals surface area contributed by atoms with Gasteiger partial charge in [0.25, 0.3) is 0 Å². The van der Waals surface area contributed by atoms with Crippen LogP contribution >= 0.6 is 0 Å². The van der Waals surface area contributed by atoms with E-state index in [-0.39, 0.29) is 17.5 Å². The van der Waals surface area contributed by atoms with Crippen LogP contribution in [0.15, 0.2) is 12.2 Å². The average molecular weight is 139 g/mol. The number of rotatable bonds is 1. The molecule has 0 fully saturated rings. The van der Waals surface area contributed by atoms with Crippen molar-refractivity contribution in [1.82, 2.24) is 9.98 Å². The molecule has 0 saturated carbocycles. The Morgan fingerprint density at radius 1 is 1.70 bits per heavy atom. The summed E-state index contributed by atoms with van der Waals surface area (Å²) < 4.78 is 3.52. The number of amides is 1. The van der Waals surface area contributed by atoms with Gasteiger partial charge in [-0.25, -0.2) is 0 Å². The first kappa shape index (κ1) is 6.58. The summed E-state index contributed by atoms with van der Waals surface area (Å²) in [5.41, 5.74) is 0.236. The summed E-state index contributed by atoms with van der Waals surface area (Å²) in [6.45, 7) is 0. The Balaban J connectivity index is 2.88. The van der Waals surface area contributed by atoms with E-state index in [0.29, 0.717) is 0 Å².